The number of aryl methyl sites for hydroxylation is 1. The maximum atomic E-state index is 12.4. The first-order valence-corrected chi connectivity index (χ1v) is 8.98. The third-order valence-corrected chi connectivity index (χ3v) is 4.22. The molecule has 27 heavy (non-hydrogen) atoms. The molecular weight excluding hydrogens is 363 g/mol. The summed E-state index contributed by atoms with van der Waals surface area (Å²) in [5.41, 5.74) is 1.54. The second-order valence-electron chi connectivity index (χ2n) is 6.62. The van der Waals surface area contributed by atoms with Crippen LogP contribution in [0.1, 0.15) is 48.9 Å². The first-order valence-electron chi connectivity index (χ1n) is 8.98. The van der Waals surface area contributed by atoms with Crippen LogP contribution < -0.4 is 10.8 Å². The lowest BCUT2D eigenvalue weighted by molar-refractivity contribution is -0.160. The van der Waals surface area contributed by atoms with Gasteiger partial charge in [0.05, 0.1) is 6.04 Å². The highest BCUT2D eigenvalue weighted by atomic mass is 19.4. The van der Waals surface area contributed by atoms with Crippen LogP contribution in [0, 0.1) is 6.92 Å². The smallest absolute Gasteiger partial charge is 0.422 e. The molecule has 0 aliphatic heterocycles. The van der Waals surface area contributed by atoms with Crippen LogP contribution in [-0.2, 0) is 4.74 Å². The molecule has 1 aromatic heterocycles. The zero-order valence-corrected chi connectivity index (χ0v) is 15.2. The third-order valence-electron chi connectivity index (χ3n) is 4.22. The highest BCUT2D eigenvalue weighted by Gasteiger charge is 2.29. The molecule has 1 saturated carbocycles. The number of carbonyl (C=O) groups is 2. The average molecular weight is 387 g/mol. The Hall–Kier alpha value is -2.32. The van der Waals surface area contributed by atoms with E-state index in [4.69, 9.17) is 4.99 Å². The number of amides is 1. The molecule has 0 atom stereocenters. The molecule has 1 aromatic rings. The van der Waals surface area contributed by atoms with E-state index in [1.807, 2.05) is 13.0 Å². The standard InChI is InChI=1S/C18H24F3N3O3/c1-13-8-10-24(15(11-13)23-14-5-3-2-4-6-14)16(25)7-9-22-17(26)27-12-18(19,20)21/h8,10-11,14H,2-7,9,12H2,1H3,(H,22,26). The van der Waals surface area contributed by atoms with Crippen molar-refractivity contribution >= 4 is 12.0 Å². The fourth-order valence-corrected chi connectivity index (χ4v) is 2.89. The molecule has 1 aliphatic carbocycles. The largest absolute Gasteiger partial charge is 0.440 e. The molecule has 0 radical (unpaired) electrons. The van der Waals surface area contributed by atoms with E-state index < -0.39 is 18.9 Å². The van der Waals surface area contributed by atoms with Gasteiger partial charge in [0, 0.05) is 19.2 Å². The fourth-order valence-electron chi connectivity index (χ4n) is 2.89. The van der Waals surface area contributed by atoms with Gasteiger partial charge in [0.1, 0.15) is 5.49 Å². The van der Waals surface area contributed by atoms with Gasteiger partial charge in [-0.25, -0.2) is 4.79 Å². The van der Waals surface area contributed by atoms with E-state index in [0.717, 1.165) is 31.2 Å². The second kappa shape index (κ2) is 9.57. The van der Waals surface area contributed by atoms with Crippen LogP contribution in [0.25, 0.3) is 0 Å². The number of rotatable bonds is 5. The van der Waals surface area contributed by atoms with Gasteiger partial charge in [0.15, 0.2) is 6.61 Å². The second-order valence-corrected chi connectivity index (χ2v) is 6.62. The van der Waals surface area contributed by atoms with Crippen LogP contribution >= 0.6 is 0 Å². The first kappa shape index (κ1) is 21.0. The Balaban J connectivity index is 1.95. The number of halogens is 3. The summed E-state index contributed by atoms with van der Waals surface area (Å²) in [7, 11) is 0. The number of ether oxygens (including phenoxy) is 1. The monoisotopic (exact) mass is 387 g/mol. The van der Waals surface area contributed by atoms with E-state index >= 15 is 0 Å². The number of alkyl carbamates (subject to hydrolysis) is 1. The van der Waals surface area contributed by atoms with Gasteiger partial charge < -0.3 is 10.1 Å². The Kier molecular flexibility index (Phi) is 7.44. The summed E-state index contributed by atoms with van der Waals surface area (Å²) in [5, 5.41) is 2.14. The Morgan fingerprint density at radius 1 is 1.30 bits per heavy atom. The van der Waals surface area contributed by atoms with Crippen LogP contribution in [0.2, 0.25) is 0 Å². The van der Waals surface area contributed by atoms with E-state index in [1.54, 1.807) is 12.3 Å². The molecule has 0 aromatic carbocycles. The van der Waals surface area contributed by atoms with E-state index in [2.05, 4.69) is 10.1 Å². The molecule has 1 aliphatic rings. The van der Waals surface area contributed by atoms with Crippen molar-refractivity contribution in [2.45, 2.75) is 57.7 Å². The molecule has 0 saturated heterocycles. The summed E-state index contributed by atoms with van der Waals surface area (Å²) in [6.45, 7) is 0.121. The van der Waals surface area contributed by atoms with Crippen LogP contribution in [0.4, 0.5) is 18.0 Å². The quantitative estimate of drug-likeness (QED) is 0.842. The number of alkyl halides is 3. The molecule has 9 heteroatoms. The van der Waals surface area contributed by atoms with Gasteiger partial charge in [-0.1, -0.05) is 19.3 Å². The van der Waals surface area contributed by atoms with E-state index in [1.165, 1.54) is 11.0 Å². The summed E-state index contributed by atoms with van der Waals surface area (Å²) in [4.78, 5) is 28.4. The van der Waals surface area contributed by atoms with Crippen molar-refractivity contribution in [3.8, 4) is 0 Å². The van der Waals surface area contributed by atoms with Crippen molar-refractivity contribution in [1.29, 1.82) is 0 Å². The topological polar surface area (TPSA) is 72.7 Å². The van der Waals surface area contributed by atoms with Crippen LogP contribution in [0.5, 0.6) is 0 Å². The maximum Gasteiger partial charge on any atom is 0.422 e. The first-order chi connectivity index (χ1) is 12.7. The zero-order chi connectivity index (χ0) is 19.9. The minimum absolute atomic E-state index is 0.0813. The summed E-state index contributed by atoms with van der Waals surface area (Å²) >= 11 is 0. The SMILES string of the molecule is Cc1ccn(C(=O)CCNC(=O)OCC(F)(F)F)c(=NC2CCCCC2)c1. The van der Waals surface area contributed by atoms with Crippen molar-refractivity contribution in [2.75, 3.05) is 13.2 Å². The van der Waals surface area contributed by atoms with E-state index in [-0.39, 0.29) is 24.9 Å². The molecule has 0 bridgehead atoms. The van der Waals surface area contributed by atoms with Crippen molar-refractivity contribution in [1.82, 2.24) is 9.88 Å². The van der Waals surface area contributed by atoms with E-state index in [0.29, 0.717) is 5.49 Å². The lowest BCUT2D eigenvalue weighted by atomic mass is 9.96. The molecule has 1 fully saturated rings. The average Bonchev–Trinajstić information content (AvgIpc) is 2.60. The van der Waals surface area contributed by atoms with Gasteiger partial charge in [0.25, 0.3) is 0 Å². The lowest BCUT2D eigenvalue weighted by Crippen LogP contribution is -2.34. The number of carbonyl (C=O) groups excluding carboxylic acids is 2. The molecule has 6 nitrogen and oxygen atoms in total. The molecular formula is C18H24F3N3O3. The zero-order valence-electron chi connectivity index (χ0n) is 15.2. The maximum absolute atomic E-state index is 12.4. The van der Waals surface area contributed by atoms with Crippen LogP contribution in [0.3, 0.4) is 0 Å². The fraction of sp³-hybridized carbons (Fsp3) is 0.611. The molecule has 0 spiro atoms. The van der Waals surface area contributed by atoms with Crippen molar-refractivity contribution in [3.05, 3.63) is 29.4 Å². The number of nitrogens with one attached hydrogen (secondary N) is 1. The van der Waals surface area contributed by atoms with Gasteiger partial charge >= 0.3 is 12.3 Å². The summed E-state index contributed by atoms with van der Waals surface area (Å²) in [5.74, 6) is -0.305. The van der Waals surface area contributed by atoms with Gasteiger partial charge in [-0.2, -0.15) is 13.2 Å². The van der Waals surface area contributed by atoms with Gasteiger partial charge in [-0.3, -0.25) is 14.4 Å². The summed E-state index contributed by atoms with van der Waals surface area (Å²) < 4.78 is 41.4. The number of hydrogen-bond acceptors (Lipinski definition) is 4. The third kappa shape index (κ3) is 7.44. The molecule has 150 valence electrons. The Labute approximate surface area is 155 Å². The van der Waals surface area contributed by atoms with Gasteiger partial charge in [0.2, 0.25) is 5.91 Å². The van der Waals surface area contributed by atoms with Crippen LogP contribution in [-0.4, -0.2) is 41.9 Å². The molecule has 0 unspecified atom stereocenters. The minimum Gasteiger partial charge on any atom is -0.440 e. The molecule has 1 heterocycles. The summed E-state index contributed by atoms with van der Waals surface area (Å²) in [6, 6.07) is 3.80. The predicted octanol–water partition coefficient (Wildman–Crippen LogP) is 3.35. The predicted molar refractivity (Wildman–Crippen MR) is 92.3 cm³/mol. The highest BCUT2D eigenvalue weighted by Crippen LogP contribution is 2.19. The van der Waals surface area contributed by atoms with Gasteiger partial charge in [-0.15, -0.1) is 0 Å². The Bertz CT molecular complexity index is 723. The number of hydrogen-bond donors (Lipinski definition) is 1. The highest BCUT2D eigenvalue weighted by molar-refractivity contribution is 5.79. The number of pyridine rings is 1. The number of nitrogens with zero attached hydrogens (tertiary/aromatic N) is 2. The Morgan fingerprint density at radius 3 is 2.67 bits per heavy atom. The normalized spacial score (nSPS) is 16.2. The minimum atomic E-state index is -4.58. The van der Waals surface area contributed by atoms with Gasteiger partial charge in [-0.05, 0) is 37.5 Å². The molecule has 1 N–H and O–H groups in total. The lowest BCUT2D eigenvalue weighted by Gasteiger charge is -2.18. The number of aromatic nitrogens is 1. The molecule has 2 rings (SSSR count). The van der Waals surface area contributed by atoms with Crippen LogP contribution in [0.15, 0.2) is 23.3 Å². The van der Waals surface area contributed by atoms with Crippen molar-refractivity contribution in [2.24, 2.45) is 4.99 Å². The molecule has 1 amide bonds. The van der Waals surface area contributed by atoms with E-state index in [9.17, 15) is 22.8 Å². The Morgan fingerprint density at radius 2 is 2.00 bits per heavy atom. The van der Waals surface area contributed by atoms with Crippen molar-refractivity contribution in [3.63, 3.8) is 0 Å². The van der Waals surface area contributed by atoms with Crippen molar-refractivity contribution < 1.29 is 27.5 Å². The summed E-state index contributed by atoms with van der Waals surface area (Å²) in [6.07, 6.45) is 1.19.